The number of halogens is 1. The lowest BCUT2D eigenvalue weighted by Crippen LogP contribution is -2.55. The molecule has 0 aliphatic carbocycles. The van der Waals surface area contributed by atoms with E-state index in [1.165, 1.54) is 11.8 Å². The number of β-lactam (4-membered cyclic amide) rings is 1. The standard InChI is InChI=1S/C31H36FN5O6Si/c1-19-29(44(3,4)32)26(12-14-35-18-21(13-15-38)33-34-35)43-31(19)24-16-23(37-27(40)17-28(37)42-20(2)39)10-11-25(24)36(30(31)41)22-8-6-5-7-9-22/h5-11,16,18-19,26,28-29,38H,12-15,17H2,1-4H3/t19-,26+,28?,29-,31+/m0/s1. The Hall–Kier alpha value is -3.94. The van der Waals surface area contributed by atoms with Crippen LogP contribution in [0.3, 0.4) is 0 Å². The predicted molar refractivity (Wildman–Crippen MR) is 161 cm³/mol. The van der Waals surface area contributed by atoms with Gasteiger partial charge in [-0.25, -0.2) is 0 Å². The summed E-state index contributed by atoms with van der Waals surface area (Å²) in [5.41, 5.74) is 0.874. The van der Waals surface area contributed by atoms with E-state index in [2.05, 4.69) is 10.3 Å². The first kappa shape index (κ1) is 30.1. The highest BCUT2D eigenvalue weighted by Crippen LogP contribution is 2.61. The van der Waals surface area contributed by atoms with E-state index in [-0.39, 0.29) is 24.8 Å². The number of benzene rings is 2. The summed E-state index contributed by atoms with van der Waals surface area (Å²) >= 11 is 0. The second kappa shape index (κ2) is 11.2. The lowest BCUT2D eigenvalue weighted by atomic mass is 9.82. The maximum absolute atomic E-state index is 16.2. The van der Waals surface area contributed by atoms with Gasteiger partial charge in [0.05, 0.1) is 23.9 Å². The number of aromatic nitrogens is 3. The highest BCUT2D eigenvalue weighted by molar-refractivity contribution is 6.72. The highest BCUT2D eigenvalue weighted by Gasteiger charge is 2.67. The molecule has 1 unspecified atom stereocenters. The summed E-state index contributed by atoms with van der Waals surface area (Å²) in [4.78, 5) is 42.1. The number of carbonyl (C=O) groups is 3. The van der Waals surface area contributed by atoms with Crippen LogP contribution in [0.25, 0.3) is 0 Å². The second-order valence-electron chi connectivity index (χ2n) is 12.2. The van der Waals surface area contributed by atoms with Gasteiger partial charge in [0, 0.05) is 61.1 Å². The largest absolute Gasteiger partial charge is 0.441 e. The van der Waals surface area contributed by atoms with E-state index in [1.54, 1.807) is 47.1 Å². The van der Waals surface area contributed by atoms with Crippen molar-refractivity contribution < 1.29 is 33.1 Å². The van der Waals surface area contributed by atoms with Gasteiger partial charge in [0.25, 0.3) is 5.91 Å². The average molecular weight is 622 g/mol. The summed E-state index contributed by atoms with van der Waals surface area (Å²) in [7, 11) is -3.41. The van der Waals surface area contributed by atoms with Gasteiger partial charge < -0.3 is 18.7 Å². The first-order chi connectivity index (χ1) is 21.0. The fourth-order valence-corrected chi connectivity index (χ4v) is 9.68. The van der Waals surface area contributed by atoms with Crippen molar-refractivity contribution in [1.82, 2.24) is 15.0 Å². The number of aryl methyl sites for hydroxylation is 1. The van der Waals surface area contributed by atoms with Crippen molar-refractivity contribution in [3.05, 3.63) is 66.0 Å². The van der Waals surface area contributed by atoms with Crippen LogP contribution in [0.5, 0.6) is 0 Å². The summed E-state index contributed by atoms with van der Waals surface area (Å²) < 4.78 is 30.1. The molecule has 0 radical (unpaired) electrons. The molecule has 13 heteroatoms. The normalized spacial score (nSPS) is 26.3. The van der Waals surface area contributed by atoms with Gasteiger partial charge in [-0.1, -0.05) is 30.3 Å². The molecule has 0 saturated carbocycles. The number of carbonyl (C=O) groups excluding carboxylic acids is 3. The van der Waals surface area contributed by atoms with Gasteiger partial charge in [-0.05, 0) is 49.8 Å². The van der Waals surface area contributed by atoms with E-state index >= 15 is 4.11 Å². The molecule has 0 bridgehead atoms. The van der Waals surface area contributed by atoms with Crippen molar-refractivity contribution in [2.24, 2.45) is 5.92 Å². The molecule has 5 atom stereocenters. The molecule has 2 aromatic carbocycles. The lowest BCUT2D eigenvalue weighted by Gasteiger charge is -2.39. The van der Waals surface area contributed by atoms with E-state index in [0.29, 0.717) is 47.7 Å². The third-order valence-corrected chi connectivity index (χ3v) is 11.4. The molecule has 3 aromatic rings. The molecular formula is C31H36FN5O6Si. The van der Waals surface area contributed by atoms with Gasteiger partial charge in [-0.2, -0.15) is 0 Å². The molecule has 2 amide bonds. The molecule has 11 nitrogen and oxygen atoms in total. The van der Waals surface area contributed by atoms with Crippen LogP contribution in [0.2, 0.25) is 18.6 Å². The number of fused-ring (bicyclic) bond motifs is 2. The predicted octanol–water partition coefficient (Wildman–Crippen LogP) is 3.98. The molecule has 1 aromatic heterocycles. The molecule has 2 saturated heterocycles. The molecular weight excluding hydrogens is 585 g/mol. The third-order valence-electron chi connectivity index (χ3n) is 8.95. The van der Waals surface area contributed by atoms with Crippen molar-refractivity contribution in [2.75, 3.05) is 16.4 Å². The smallest absolute Gasteiger partial charge is 0.304 e. The van der Waals surface area contributed by atoms with Gasteiger partial charge in [0.1, 0.15) is 0 Å². The van der Waals surface area contributed by atoms with Crippen LogP contribution in [-0.4, -0.2) is 65.2 Å². The van der Waals surface area contributed by atoms with E-state index < -0.39 is 43.8 Å². The minimum Gasteiger partial charge on any atom is -0.441 e. The van der Waals surface area contributed by atoms with Crippen molar-refractivity contribution in [3.8, 4) is 0 Å². The average Bonchev–Trinajstić information content (AvgIpc) is 3.61. The number of amides is 2. The number of nitrogens with zero attached hydrogens (tertiary/aromatic N) is 5. The topological polar surface area (TPSA) is 127 Å². The molecule has 3 aliphatic heterocycles. The number of ether oxygens (including phenoxy) is 2. The maximum Gasteiger partial charge on any atom is 0.304 e. The Morgan fingerprint density at radius 2 is 1.93 bits per heavy atom. The van der Waals surface area contributed by atoms with Gasteiger partial charge >= 0.3 is 5.97 Å². The monoisotopic (exact) mass is 621 g/mol. The van der Waals surface area contributed by atoms with Gasteiger partial charge in [-0.15, -0.1) is 5.10 Å². The van der Waals surface area contributed by atoms with Crippen molar-refractivity contribution in [1.29, 1.82) is 0 Å². The number of hydrogen-bond donors (Lipinski definition) is 1. The number of aliphatic hydroxyl groups is 1. The zero-order valence-corrected chi connectivity index (χ0v) is 26.1. The van der Waals surface area contributed by atoms with Crippen LogP contribution in [-0.2, 0) is 42.4 Å². The Kier molecular flexibility index (Phi) is 7.66. The number of para-hydroxylation sites is 1. The Morgan fingerprint density at radius 3 is 2.59 bits per heavy atom. The van der Waals surface area contributed by atoms with Crippen molar-refractivity contribution in [2.45, 2.75) is 76.2 Å². The zero-order valence-electron chi connectivity index (χ0n) is 25.1. The van der Waals surface area contributed by atoms with Gasteiger partial charge in [0.2, 0.25) is 14.3 Å². The Morgan fingerprint density at radius 1 is 1.18 bits per heavy atom. The van der Waals surface area contributed by atoms with Crippen LogP contribution >= 0.6 is 0 Å². The molecule has 6 rings (SSSR count). The lowest BCUT2D eigenvalue weighted by molar-refractivity contribution is -0.153. The van der Waals surface area contributed by atoms with E-state index in [4.69, 9.17) is 9.47 Å². The Labute approximate surface area is 255 Å². The van der Waals surface area contributed by atoms with E-state index in [0.717, 1.165) is 0 Å². The van der Waals surface area contributed by atoms with Gasteiger partial charge in [0.15, 0.2) is 11.8 Å². The first-order valence-electron chi connectivity index (χ1n) is 14.9. The fourth-order valence-electron chi connectivity index (χ4n) is 7.13. The summed E-state index contributed by atoms with van der Waals surface area (Å²) in [6, 6.07) is 14.5. The Bertz CT molecular complexity index is 1600. The quantitative estimate of drug-likeness (QED) is 0.165. The van der Waals surface area contributed by atoms with Crippen molar-refractivity contribution >= 4 is 43.3 Å². The molecule has 2 fully saturated rings. The maximum atomic E-state index is 16.2. The number of aliphatic hydroxyl groups excluding tert-OH is 1. The molecule has 44 heavy (non-hydrogen) atoms. The van der Waals surface area contributed by atoms with Crippen LogP contribution < -0.4 is 9.80 Å². The summed E-state index contributed by atoms with van der Waals surface area (Å²) in [6.45, 7) is 6.81. The minimum atomic E-state index is -3.41. The minimum absolute atomic E-state index is 0.0414. The molecule has 4 heterocycles. The molecule has 1 spiro atoms. The van der Waals surface area contributed by atoms with E-state index in [1.807, 2.05) is 37.3 Å². The summed E-state index contributed by atoms with van der Waals surface area (Å²) in [5.74, 6) is -1.56. The second-order valence-corrected chi connectivity index (χ2v) is 16.0. The summed E-state index contributed by atoms with van der Waals surface area (Å²) in [6.07, 6.45) is 1.25. The molecule has 1 N–H and O–H groups in total. The van der Waals surface area contributed by atoms with Gasteiger partial charge in [-0.3, -0.25) is 28.9 Å². The van der Waals surface area contributed by atoms with Crippen LogP contribution in [0, 0.1) is 5.92 Å². The number of anilines is 3. The van der Waals surface area contributed by atoms with Crippen molar-refractivity contribution in [3.63, 3.8) is 0 Å². The number of hydrogen-bond acceptors (Lipinski definition) is 8. The SMILES string of the molecule is CC(=O)OC1CC(=O)N1c1ccc2c(c1)[C@@]1(O[C@H](CCn3cc(CCO)nn3)[C@@H]([Si](C)(C)F)[C@@H]1C)C(=O)N2c1ccccc1. The molecule has 232 valence electrons. The molecule has 3 aliphatic rings. The highest BCUT2D eigenvalue weighted by atomic mass is 28.4. The zero-order chi connectivity index (χ0) is 31.4. The third kappa shape index (κ3) is 4.92. The van der Waals surface area contributed by atoms with E-state index in [9.17, 15) is 19.5 Å². The van der Waals surface area contributed by atoms with Crippen LogP contribution in [0.15, 0.2) is 54.7 Å². The van der Waals surface area contributed by atoms with Crippen LogP contribution in [0.4, 0.5) is 21.2 Å². The first-order valence-corrected chi connectivity index (χ1v) is 17.8. The van der Waals surface area contributed by atoms with Crippen LogP contribution in [0.1, 0.15) is 37.9 Å². The Balaban J connectivity index is 1.42. The summed E-state index contributed by atoms with van der Waals surface area (Å²) in [5, 5.41) is 17.5. The number of esters is 1. The number of rotatable bonds is 9. The fraction of sp³-hybridized carbons (Fsp3) is 0.452.